The lowest BCUT2D eigenvalue weighted by atomic mass is 10.0. The van der Waals surface area contributed by atoms with Crippen LogP contribution in [-0.2, 0) is 6.42 Å². The first-order chi connectivity index (χ1) is 10.2. The number of hydrogen-bond donors (Lipinski definition) is 0. The van der Waals surface area contributed by atoms with Gasteiger partial charge in [0.15, 0.2) is 0 Å². The molecule has 2 nitrogen and oxygen atoms in total. The van der Waals surface area contributed by atoms with Crippen LogP contribution < -0.4 is 4.74 Å². The van der Waals surface area contributed by atoms with E-state index in [1.165, 1.54) is 11.1 Å². The molecule has 0 aliphatic carbocycles. The normalized spacial score (nSPS) is 11.2. The van der Waals surface area contributed by atoms with E-state index in [-0.39, 0.29) is 0 Å². The molecular formula is C19H23NO. The fourth-order valence-corrected chi connectivity index (χ4v) is 2.14. The SMILES string of the molecule is COc1cc(C=Cc2ccccc2)ncc1CCC(C)C. The summed E-state index contributed by atoms with van der Waals surface area (Å²) in [7, 11) is 1.72. The minimum atomic E-state index is 0.687. The van der Waals surface area contributed by atoms with Gasteiger partial charge >= 0.3 is 0 Å². The summed E-state index contributed by atoms with van der Waals surface area (Å²) in [6.07, 6.45) is 8.18. The molecule has 0 N–H and O–H groups in total. The van der Waals surface area contributed by atoms with Crippen LogP contribution in [0.4, 0.5) is 0 Å². The predicted octanol–water partition coefficient (Wildman–Crippen LogP) is 4.85. The molecule has 0 unspecified atom stereocenters. The highest BCUT2D eigenvalue weighted by Crippen LogP contribution is 2.22. The van der Waals surface area contributed by atoms with Crippen LogP contribution in [0.5, 0.6) is 5.75 Å². The molecule has 0 saturated heterocycles. The summed E-state index contributed by atoms with van der Waals surface area (Å²) in [5, 5.41) is 0. The fraction of sp³-hybridized carbons (Fsp3) is 0.316. The zero-order chi connectivity index (χ0) is 15.1. The molecule has 2 rings (SSSR count). The van der Waals surface area contributed by atoms with E-state index < -0.39 is 0 Å². The minimum Gasteiger partial charge on any atom is -0.496 e. The first kappa shape index (κ1) is 15.3. The van der Waals surface area contributed by atoms with Gasteiger partial charge in [-0.1, -0.05) is 50.3 Å². The van der Waals surface area contributed by atoms with Crippen LogP contribution in [0.25, 0.3) is 12.2 Å². The lowest BCUT2D eigenvalue weighted by Gasteiger charge is -2.10. The van der Waals surface area contributed by atoms with Gasteiger partial charge in [-0.05, 0) is 30.4 Å². The Labute approximate surface area is 127 Å². The molecule has 0 atom stereocenters. The van der Waals surface area contributed by atoms with Crippen molar-refractivity contribution in [1.29, 1.82) is 0 Å². The van der Waals surface area contributed by atoms with E-state index in [9.17, 15) is 0 Å². The molecule has 0 amide bonds. The molecule has 110 valence electrons. The maximum atomic E-state index is 5.50. The average Bonchev–Trinajstić information content (AvgIpc) is 2.52. The van der Waals surface area contributed by atoms with Crippen LogP contribution in [0.3, 0.4) is 0 Å². The van der Waals surface area contributed by atoms with E-state index in [1.54, 1.807) is 7.11 Å². The van der Waals surface area contributed by atoms with Gasteiger partial charge in [0.05, 0.1) is 12.8 Å². The monoisotopic (exact) mass is 281 g/mol. The lowest BCUT2D eigenvalue weighted by Crippen LogP contribution is -1.98. The van der Waals surface area contributed by atoms with Gasteiger partial charge in [0.2, 0.25) is 0 Å². The molecule has 21 heavy (non-hydrogen) atoms. The van der Waals surface area contributed by atoms with Gasteiger partial charge in [0.25, 0.3) is 0 Å². The number of hydrogen-bond acceptors (Lipinski definition) is 2. The Morgan fingerprint density at radius 1 is 1.14 bits per heavy atom. The highest BCUT2D eigenvalue weighted by Gasteiger charge is 2.05. The van der Waals surface area contributed by atoms with Crippen molar-refractivity contribution >= 4 is 12.2 Å². The third-order valence-corrected chi connectivity index (χ3v) is 3.42. The van der Waals surface area contributed by atoms with Gasteiger partial charge in [-0.3, -0.25) is 4.98 Å². The van der Waals surface area contributed by atoms with E-state index in [4.69, 9.17) is 4.74 Å². The van der Waals surface area contributed by atoms with Gasteiger partial charge in [-0.25, -0.2) is 0 Å². The minimum absolute atomic E-state index is 0.687. The Hall–Kier alpha value is -2.09. The smallest absolute Gasteiger partial charge is 0.125 e. The van der Waals surface area contributed by atoms with E-state index in [0.29, 0.717) is 5.92 Å². The molecule has 1 aromatic carbocycles. The van der Waals surface area contributed by atoms with Gasteiger partial charge < -0.3 is 4.74 Å². The molecule has 0 saturated carbocycles. The van der Waals surface area contributed by atoms with Crippen LogP contribution in [0, 0.1) is 5.92 Å². The van der Waals surface area contributed by atoms with Crippen molar-refractivity contribution in [2.45, 2.75) is 26.7 Å². The summed E-state index contributed by atoms with van der Waals surface area (Å²) < 4.78 is 5.50. The molecule has 2 heteroatoms. The van der Waals surface area contributed by atoms with Crippen molar-refractivity contribution in [3.8, 4) is 5.75 Å². The van der Waals surface area contributed by atoms with Crippen molar-refractivity contribution in [2.75, 3.05) is 7.11 Å². The summed E-state index contributed by atoms with van der Waals surface area (Å²) in [4.78, 5) is 4.51. The maximum absolute atomic E-state index is 5.50. The Kier molecular flexibility index (Phi) is 5.56. The largest absolute Gasteiger partial charge is 0.496 e. The molecule has 1 heterocycles. The number of aromatic nitrogens is 1. The highest BCUT2D eigenvalue weighted by atomic mass is 16.5. The molecule has 0 aliphatic heterocycles. The first-order valence-corrected chi connectivity index (χ1v) is 7.45. The van der Waals surface area contributed by atoms with Crippen LogP contribution in [-0.4, -0.2) is 12.1 Å². The number of aryl methyl sites for hydroxylation is 1. The maximum Gasteiger partial charge on any atom is 0.125 e. The number of benzene rings is 1. The van der Waals surface area contributed by atoms with Crippen molar-refractivity contribution in [2.24, 2.45) is 5.92 Å². The zero-order valence-electron chi connectivity index (χ0n) is 13.0. The van der Waals surface area contributed by atoms with Crippen LogP contribution in [0.1, 0.15) is 37.1 Å². The van der Waals surface area contributed by atoms with Crippen molar-refractivity contribution in [1.82, 2.24) is 4.98 Å². The zero-order valence-corrected chi connectivity index (χ0v) is 13.0. The molecule has 0 aliphatic rings. The van der Waals surface area contributed by atoms with E-state index >= 15 is 0 Å². The molecule has 0 fully saturated rings. The lowest BCUT2D eigenvalue weighted by molar-refractivity contribution is 0.406. The molecular weight excluding hydrogens is 258 g/mol. The third kappa shape index (κ3) is 4.75. The molecule has 0 spiro atoms. The molecule has 0 bridgehead atoms. The van der Waals surface area contributed by atoms with E-state index in [0.717, 1.165) is 24.3 Å². The first-order valence-electron chi connectivity index (χ1n) is 7.45. The van der Waals surface area contributed by atoms with Gasteiger partial charge in [-0.2, -0.15) is 0 Å². The number of pyridine rings is 1. The summed E-state index contributed by atoms with van der Waals surface area (Å²) in [5.41, 5.74) is 3.27. The molecule has 2 aromatic rings. The van der Waals surface area contributed by atoms with Crippen LogP contribution in [0.2, 0.25) is 0 Å². The van der Waals surface area contributed by atoms with Crippen molar-refractivity contribution in [3.05, 3.63) is 59.4 Å². The Balaban J connectivity index is 2.13. The molecule has 0 radical (unpaired) electrons. The molecule has 1 aromatic heterocycles. The van der Waals surface area contributed by atoms with E-state index in [2.05, 4.69) is 37.0 Å². The Morgan fingerprint density at radius 3 is 2.57 bits per heavy atom. The van der Waals surface area contributed by atoms with Crippen molar-refractivity contribution in [3.63, 3.8) is 0 Å². The topological polar surface area (TPSA) is 22.1 Å². The number of rotatable bonds is 6. The second-order valence-corrected chi connectivity index (χ2v) is 5.60. The van der Waals surface area contributed by atoms with E-state index in [1.807, 2.05) is 36.5 Å². The predicted molar refractivity (Wildman–Crippen MR) is 89.3 cm³/mol. The fourth-order valence-electron chi connectivity index (χ4n) is 2.14. The Morgan fingerprint density at radius 2 is 1.90 bits per heavy atom. The second kappa shape index (κ2) is 7.63. The standard InChI is InChI=1S/C19H23NO/c1-15(2)9-11-17-14-20-18(13-19(17)21-3)12-10-16-7-5-4-6-8-16/h4-8,10,12-15H,9,11H2,1-3H3. The van der Waals surface area contributed by atoms with Crippen molar-refractivity contribution < 1.29 is 4.74 Å². The number of methoxy groups -OCH3 is 1. The second-order valence-electron chi connectivity index (χ2n) is 5.60. The Bertz CT molecular complexity index is 588. The summed E-state index contributed by atoms with van der Waals surface area (Å²) in [5.74, 6) is 1.62. The third-order valence-electron chi connectivity index (χ3n) is 3.42. The summed E-state index contributed by atoms with van der Waals surface area (Å²) in [6, 6.07) is 12.2. The summed E-state index contributed by atoms with van der Waals surface area (Å²) in [6.45, 7) is 4.47. The number of nitrogens with zero attached hydrogens (tertiary/aromatic N) is 1. The summed E-state index contributed by atoms with van der Waals surface area (Å²) >= 11 is 0. The van der Waals surface area contributed by atoms with Gasteiger partial charge in [-0.15, -0.1) is 0 Å². The quantitative estimate of drug-likeness (QED) is 0.755. The number of ether oxygens (including phenoxy) is 1. The van der Waals surface area contributed by atoms with Gasteiger partial charge in [0, 0.05) is 17.8 Å². The van der Waals surface area contributed by atoms with Gasteiger partial charge in [0.1, 0.15) is 5.75 Å². The van der Waals surface area contributed by atoms with Crippen LogP contribution in [0.15, 0.2) is 42.6 Å². The average molecular weight is 281 g/mol. The highest BCUT2D eigenvalue weighted by molar-refractivity contribution is 5.68. The van der Waals surface area contributed by atoms with Crippen LogP contribution >= 0.6 is 0 Å².